The van der Waals surface area contributed by atoms with Crippen molar-refractivity contribution >= 4 is 11.5 Å². The highest BCUT2D eigenvalue weighted by Gasteiger charge is 1.97. The van der Waals surface area contributed by atoms with Gasteiger partial charge in [-0.3, -0.25) is 0 Å². The van der Waals surface area contributed by atoms with Gasteiger partial charge in [0.15, 0.2) is 5.82 Å². The normalized spacial score (nSPS) is 10.1. The second kappa shape index (κ2) is 6.15. The van der Waals surface area contributed by atoms with Crippen molar-refractivity contribution in [2.75, 3.05) is 30.8 Å². The van der Waals surface area contributed by atoms with Gasteiger partial charge >= 0.3 is 0 Å². The molecule has 0 aliphatic rings. The van der Waals surface area contributed by atoms with Gasteiger partial charge in [-0.25, -0.2) is 9.97 Å². The number of anilines is 2. The number of nitrogen functional groups attached to an aromatic ring is 1. The Labute approximate surface area is 83.7 Å². The van der Waals surface area contributed by atoms with Crippen LogP contribution in [0.25, 0.3) is 0 Å². The van der Waals surface area contributed by atoms with Crippen LogP contribution in [-0.2, 0) is 4.74 Å². The summed E-state index contributed by atoms with van der Waals surface area (Å²) in [6.07, 6.45) is 4.00. The Morgan fingerprint density at radius 1 is 1.57 bits per heavy atom. The van der Waals surface area contributed by atoms with Gasteiger partial charge in [0.25, 0.3) is 0 Å². The van der Waals surface area contributed by atoms with Crippen molar-refractivity contribution in [1.29, 1.82) is 0 Å². The molecule has 78 valence electrons. The first-order chi connectivity index (χ1) is 6.84. The fourth-order valence-corrected chi connectivity index (χ4v) is 1.01. The summed E-state index contributed by atoms with van der Waals surface area (Å²) < 4.78 is 5.20. The Kier molecular flexibility index (Phi) is 4.71. The van der Waals surface area contributed by atoms with Crippen molar-refractivity contribution in [2.24, 2.45) is 0 Å². The van der Waals surface area contributed by atoms with E-state index in [1.807, 2.05) is 6.92 Å². The fourth-order valence-electron chi connectivity index (χ4n) is 1.01. The van der Waals surface area contributed by atoms with Gasteiger partial charge < -0.3 is 15.8 Å². The number of rotatable bonds is 6. The number of ether oxygens (including phenoxy) is 1. The van der Waals surface area contributed by atoms with E-state index in [4.69, 9.17) is 10.5 Å². The highest BCUT2D eigenvalue weighted by atomic mass is 16.5. The molecule has 0 saturated carbocycles. The predicted molar refractivity (Wildman–Crippen MR) is 56.0 cm³/mol. The smallest absolute Gasteiger partial charge is 0.152 e. The summed E-state index contributed by atoms with van der Waals surface area (Å²) in [6, 6.07) is 0. The number of hydrogen-bond acceptors (Lipinski definition) is 5. The SMILES string of the molecule is CCOCCCNc1ncncc1N. The Bertz CT molecular complexity index is 267. The lowest BCUT2D eigenvalue weighted by atomic mass is 10.4. The van der Waals surface area contributed by atoms with Crippen LogP contribution >= 0.6 is 0 Å². The van der Waals surface area contributed by atoms with Crippen molar-refractivity contribution < 1.29 is 4.74 Å². The van der Waals surface area contributed by atoms with E-state index in [0.29, 0.717) is 11.5 Å². The molecule has 0 amide bonds. The topological polar surface area (TPSA) is 73.1 Å². The molecule has 1 rings (SSSR count). The van der Waals surface area contributed by atoms with Gasteiger partial charge in [0, 0.05) is 19.8 Å². The summed E-state index contributed by atoms with van der Waals surface area (Å²) in [4.78, 5) is 7.81. The summed E-state index contributed by atoms with van der Waals surface area (Å²) in [6.45, 7) is 4.31. The Balaban J connectivity index is 2.21. The van der Waals surface area contributed by atoms with Crippen LogP contribution in [-0.4, -0.2) is 29.7 Å². The van der Waals surface area contributed by atoms with Gasteiger partial charge in [-0.2, -0.15) is 0 Å². The molecule has 0 fully saturated rings. The summed E-state index contributed by atoms with van der Waals surface area (Å²) in [7, 11) is 0. The van der Waals surface area contributed by atoms with Crippen LogP contribution in [0.1, 0.15) is 13.3 Å². The fraction of sp³-hybridized carbons (Fsp3) is 0.556. The summed E-state index contributed by atoms with van der Waals surface area (Å²) in [5.41, 5.74) is 6.22. The number of nitrogens with one attached hydrogen (secondary N) is 1. The summed E-state index contributed by atoms with van der Waals surface area (Å²) >= 11 is 0. The van der Waals surface area contributed by atoms with Crippen molar-refractivity contribution in [3.05, 3.63) is 12.5 Å². The average molecular weight is 196 g/mol. The summed E-state index contributed by atoms with van der Waals surface area (Å²) in [5.74, 6) is 0.691. The van der Waals surface area contributed by atoms with E-state index in [-0.39, 0.29) is 0 Å². The van der Waals surface area contributed by atoms with Crippen LogP contribution in [0.4, 0.5) is 11.5 Å². The quantitative estimate of drug-likeness (QED) is 0.661. The minimum absolute atomic E-state index is 0.573. The number of nitrogens with two attached hydrogens (primary N) is 1. The van der Waals surface area contributed by atoms with E-state index in [9.17, 15) is 0 Å². The standard InChI is InChI=1S/C9H16N4O/c1-2-14-5-3-4-12-9-8(10)6-11-7-13-9/h6-7H,2-5,10H2,1H3,(H,11,12,13). The molecule has 0 aliphatic heterocycles. The predicted octanol–water partition coefficient (Wildman–Crippen LogP) is 0.897. The lowest BCUT2D eigenvalue weighted by Crippen LogP contribution is -2.08. The molecule has 1 aromatic heterocycles. The minimum atomic E-state index is 0.573. The van der Waals surface area contributed by atoms with Crippen LogP contribution in [0.2, 0.25) is 0 Å². The number of aromatic nitrogens is 2. The third kappa shape index (κ3) is 3.57. The Morgan fingerprint density at radius 2 is 2.43 bits per heavy atom. The van der Waals surface area contributed by atoms with E-state index in [2.05, 4.69) is 15.3 Å². The van der Waals surface area contributed by atoms with Gasteiger partial charge in [0.05, 0.1) is 11.9 Å². The zero-order valence-electron chi connectivity index (χ0n) is 8.36. The van der Waals surface area contributed by atoms with Gasteiger partial charge in [0.2, 0.25) is 0 Å². The maximum atomic E-state index is 5.64. The van der Waals surface area contributed by atoms with Gasteiger partial charge in [-0.15, -0.1) is 0 Å². The van der Waals surface area contributed by atoms with Crippen molar-refractivity contribution in [3.8, 4) is 0 Å². The van der Waals surface area contributed by atoms with E-state index >= 15 is 0 Å². The first kappa shape index (κ1) is 10.7. The lowest BCUT2D eigenvalue weighted by molar-refractivity contribution is 0.147. The molecule has 5 nitrogen and oxygen atoms in total. The van der Waals surface area contributed by atoms with Crippen LogP contribution in [0, 0.1) is 0 Å². The number of hydrogen-bond donors (Lipinski definition) is 2. The molecule has 14 heavy (non-hydrogen) atoms. The van der Waals surface area contributed by atoms with Gasteiger partial charge in [0.1, 0.15) is 6.33 Å². The maximum Gasteiger partial charge on any atom is 0.152 e. The molecule has 0 atom stereocenters. The van der Waals surface area contributed by atoms with Crippen molar-refractivity contribution in [3.63, 3.8) is 0 Å². The molecule has 0 spiro atoms. The Hall–Kier alpha value is -1.36. The van der Waals surface area contributed by atoms with Crippen LogP contribution in [0.15, 0.2) is 12.5 Å². The lowest BCUT2D eigenvalue weighted by Gasteiger charge is -2.06. The van der Waals surface area contributed by atoms with Gasteiger partial charge in [-0.1, -0.05) is 0 Å². The second-order valence-corrected chi connectivity index (χ2v) is 2.80. The molecule has 0 aliphatic carbocycles. The molecule has 0 aromatic carbocycles. The molecule has 0 saturated heterocycles. The average Bonchev–Trinajstić information content (AvgIpc) is 2.20. The first-order valence-electron chi connectivity index (χ1n) is 4.71. The van der Waals surface area contributed by atoms with Crippen molar-refractivity contribution in [1.82, 2.24) is 9.97 Å². The molecule has 0 bridgehead atoms. The first-order valence-corrected chi connectivity index (χ1v) is 4.71. The second-order valence-electron chi connectivity index (χ2n) is 2.80. The van der Waals surface area contributed by atoms with Crippen LogP contribution in [0.3, 0.4) is 0 Å². The highest BCUT2D eigenvalue weighted by molar-refractivity contribution is 5.58. The van der Waals surface area contributed by atoms with E-state index in [1.54, 1.807) is 6.20 Å². The van der Waals surface area contributed by atoms with E-state index in [1.165, 1.54) is 6.33 Å². The third-order valence-electron chi connectivity index (χ3n) is 1.70. The van der Waals surface area contributed by atoms with Crippen LogP contribution in [0.5, 0.6) is 0 Å². The Morgan fingerprint density at radius 3 is 3.14 bits per heavy atom. The highest BCUT2D eigenvalue weighted by Crippen LogP contribution is 2.10. The number of nitrogens with zero attached hydrogens (tertiary/aromatic N) is 2. The largest absolute Gasteiger partial charge is 0.394 e. The van der Waals surface area contributed by atoms with Crippen molar-refractivity contribution in [2.45, 2.75) is 13.3 Å². The van der Waals surface area contributed by atoms with E-state index in [0.717, 1.165) is 26.2 Å². The minimum Gasteiger partial charge on any atom is -0.394 e. The van der Waals surface area contributed by atoms with Gasteiger partial charge in [-0.05, 0) is 13.3 Å². The van der Waals surface area contributed by atoms with Crippen LogP contribution < -0.4 is 11.1 Å². The molecule has 1 aromatic rings. The zero-order chi connectivity index (χ0) is 10.2. The molecule has 0 unspecified atom stereocenters. The molecule has 5 heteroatoms. The zero-order valence-corrected chi connectivity index (χ0v) is 8.36. The molecular weight excluding hydrogens is 180 g/mol. The van der Waals surface area contributed by atoms with E-state index < -0.39 is 0 Å². The summed E-state index contributed by atoms with van der Waals surface area (Å²) in [5, 5.41) is 3.12. The molecule has 1 heterocycles. The maximum absolute atomic E-state index is 5.64. The molecule has 0 radical (unpaired) electrons. The molecular formula is C9H16N4O. The monoisotopic (exact) mass is 196 g/mol. The third-order valence-corrected chi connectivity index (χ3v) is 1.70. The molecule has 3 N–H and O–H groups in total.